The van der Waals surface area contributed by atoms with Gasteiger partial charge in [0.15, 0.2) is 0 Å². The van der Waals surface area contributed by atoms with Crippen molar-refractivity contribution in [3.05, 3.63) is 24.3 Å². The molecule has 8 heavy (non-hydrogen) atoms. The number of benzene rings is 1. The Morgan fingerprint density at radius 3 is 2.00 bits per heavy atom. The predicted molar refractivity (Wildman–Crippen MR) is 30.5 cm³/mol. The topological polar surface area (TPSA) is 26.0 Å². The first-order chi connectivity index (χ1) is 3.79. The summed E-state index contributed by atoms with van der Waals surface area (Å²) in [6.45, 7) is 0. The molecular weight excluding hydrogens is 296 g/mol. The van der Waals surface area contributed by atoms with E-state index in [2.05, 4.69) is 0 Å². The van der Waals surface area contributed by atoms with Crippen molar-refractivity contribution in [3.63, 3.8) is 0 Å². The summed E-state index contributed by atoms with van der Waals surface area (Å²) in [7, 11) is 0. The third-order valence-electron chi connectivity index (χ3n) is 0.870. The first kappa shape index (κ1) is 6.03. The van der Waals surface area contributed by atoms with Crippen molar-refractivity contribution < 1.29 is 24.7 Å². The van der Waals surface area contributed by atoms with E-state index >= 15 is 0 Å². The minimum atomic E-state index is 0.838. The molecule has 0 radical (unpaired) electrons. The fraction of sp³-hybridized carbons (Fsp3) is 0. The summed E-state index contributed by atoms with van der Waals surface area (Å²) in [4.78, 5) is 0. The van der Waals surface area contributed by atoms with Gasteiger partial charge in [0.05, 0.1) is 0 Å². The number of hydrogen-bond donors (Lipinski definition) is 1. The minimum absolute atomic E-state index is 0.838. The van der Waals surface area contributed by atoms with Crippen LogP contribution >= 0.6 is 0 Å². The van der Waals surface area contributed by atoms with Gasteiger partial charge in [0.1, 0.15) is 0 Å². The molecule has 0 aliphatic carbocycles. The Balaban J connectivity index is 3.03. The summed E-state index contributed by atoms with van der Waals surface area (Å²) in [6, 6.07) is 7.86. The van der Waals surface area contributed by atoms with Crippen molar-refractivity contribution in [1.29, 1.82) is 0 Å². The summed E-state index contributed by atoms with van der Waals surface area (Å²) in [6.07, 6.45) is 0. The Hall–Kier alpha value is -0.0969. The second kappa shape index (κ2) is 2.45. The average Bonchev–Trinajstić information content (AvgIpc) is 1.77. The van der Waals surface area contributed by atoms with Gasteiger partial charge in [0.25, 0.3) is 0 Å². The standard InChI is InChI=1S/C6H6AtN/c7-5-1-3-6(8)4-2-5/h1-4H,8H2. The summed E-state index contributed by atoms with van der Waals surface area (Å²) in [5.41, 5.74) is 6.27. The summed E-state index contributed by atoms with van der Waals surface area (Å²) in [5, 5.41) is 0. The van der Waals surface area contributed by atoms with Crippen molar-refractivity contribution in [2.45, 2.75) is 0 Å². The molecule has 0 heterocycles. The number of rotatable bonds is 0. The number of anilines is 1. The molecule has 0 bridgehead atoms. The van der Waals surface area contributed by atoms with Gasteiger partial charge in [0, 0.05) is 0 Å². The molecule has 0 aliphatic heterocycles. The Morgan fingerprint density at radius 1 is 1.12 bits per heavy atom. The molecule has 2 N–H and O–H groups in total. The summed E-state index contributed by atoms with van der Waals surface area (Å²) < 4.78 is 1.30. The zero-order valence-corrected chi connectivity index (χ0v) is 7.20. The zero-order valence-electron chi connectivity index (χ0n) is 4.26. The van der Waals surface area contributed by atoms with Gasteiger partial charge in [-0.25, -0.2) is 0 Å². The van der Waals surface area contributed by atoms with E-state index in [1.807, 2.05) is 24.3 Å². The van der Waals surface area contributed by atoms with Crippen molar-refractivity contribution in [1.82, 2.24) is 0 Å². The molecule has 0 saturated heterocycles. The van der Waals surface area contributed by atoms with Gasteiger partial charge in [-0.15, -0.1) is 0 Å². The van der Waals surface area contributed by atoms with Crippen molar-refractivity contribution >= 4 is 8.96 Å². The number of nitrogen functional groups attached to an aromatic ring is 1. The quantitative estimate of drug-likeness (QED) is 0.692. The van der Waals surface area contributed by atoms with Crippen LogP contribution in [0.2, 0.25) is 0 Å². The normalized spacial score (nSPS) is 9.12. The fourth-order valence-electron chi connectivity index (χ4n) is 0.463. The molecule has 0 spiro atoms. The second-order valence-corrected chi connectivity index (χ2v) is 3.25. The molecule has 1 nitrogen and oxygen atoms in total. The van der Waals surface area contributed by atoms with Gasteiger partial charge >= 0.3 is 63.7 Å². The van der Waals surface area contributed by atoms with Gasteiger partial charge < -0.3 is 0 Å². The molecule has 1 aromatic rings. The van der Waals surface area contributed by atoms with Crippen LogP contribution in [-0.4, -0.2) is 0 Å². The molecule has 0 aliphatic rings. The molecule has 0 fully saturated rings. The van der Waals surface area contributed by atoms with Gasteiger partial charge in [0.2, 0.25) is 0 Å². The fourth-order valence-corrected chi connectivity index (χ4v) is 0.953. The van der Waals surface area contributed by atoms with Crippen LogP contribution in [-0.2, 0) is 0 Å². The van der Waals surface area contributed by atoms with E-state index in [9.17, 15) is 0 Å². The molecule has 0 aromatic heterocycles. The van der Waals surface area contributed by atoms with E-state index in [0.717, 1.165) is 5.69 Å². The Kier molecular flexibility index (Phi) is 1.85. The van der Waals surface area contributed by atoms with Gasteiger partial charge in [-0.2, -0.15) is 0 Å². The van der Waals surface area contributed by atoms with Gasteiger partial charge in [-0.1, -0.05) is 0 Å². The zero-order chi connectivity index (χ0) is 5.98. The summed E-state index contributed by atoms with van der Waals surface area (Å²) >= 11 is 1.67. The van der Waals surface area contributed by atoms with Crippen LogP contribution < -0.4 is 9.01 Å². The third kappa shape index (κ3) is 1.45. The van der Waals surface area contributed by atoms with E-state index < -0.39 is 0 Å². The van der Waals surface area contributed by atoms with Crippen molar-refractivity contribution in [2.75, 3.05) is 5.73 Å². The second-order valence-electron chi connectivity index (χ2n) is 1.55. The molecular formula is C6H6AtN. The van der Waals surface area contributed by atoms with Crippen molar-refractivity contribution in [3.8, 4) is 0 Å². The summed E-state index contributed by atoms with van der Waals surface area (Å²) in [5.74, 6) is 0. The van der Waals surface area contributed by atoms with Crippen LogP contribution in [0.15, 0.2) is 24.3 Å². The van der Waals surface area contributed by atoms with E-state index in [1.54, 1.807) is 24.7 Å². The predicted octanol–water partition coefficient (Wildman–Crippen LogP) is 0.443. The monoisotopic (exact) mass is 302 g/mol. The molecule has 0 saturated carbocycles. The van der Waals surface area contributed by atoms with Crippen LogP contribution in [0.1, 0.15) is 0 Å². The first-order valence-electron chi connectivity index (χ1n) is 2.30. The van der Waals surface area contributed by atoms with Crippen LogP contribution in [0.3, 0.4) is 0 Å². The van der Waals surface area contributed by atoms with Gasteiger partial charge in [-0.3, -0.25) is 0 Å². The molecule has 1 aromatic carbocycles. The molecule has 0 amide bonds. The SMILES string of the molecule is Nc1ccc([At])cc1. The van der Waals surface area contributed by atoms with E-state index in [0.29, 0.717) is 0 Å². The molecule has 1 rings (SSSR count). The van der Waals surface area contributed by atoms with E-state index in [4.69, 9.17) is 5.73 Å². The average molecular weight is 302 g/mol. The third-order valence-corrected chi connectivity index (χ3v) is 1.85. The van der Waals surface area contributed by atoms with E-state index in [-0.39, 0.29) is 0 Å². The van der Waals surface area contributed by atoms with Crippen LogP contribution in [0.25, 0.3) is 0 Å². The number of nitrogens with two attached hydrogens (primary N) is 1. The first-order valence-corrected chi connectivity index (χ1v) is 3.77. The van der Waals surface area contributed by atoms with Gasteiger partial charge in [-0.05, 0) is 0 Å². The molecule has 2 heteroatoms. The van der Waals surface area contributed by atoms with E-state index in [1.165, 1.54) is 3.27 Å². The van der Waals surface area contributed by atoms with Crippen LogP contribution in [0.5, 0.6) is 0 Å². The van der Waals surface area contributed by atoms with Crippen molar-refractivity contribution in [2.24, 2.45) is 0 Å². The maximum absolute atomic E-state index is 5.43. The number of hydrogen-bond acceptors (Lipinski definition) is 1. The molecule has 0 atom stereocenters. The molecule has 0 unspecified atom stereocenters. The van der Waals surface area contributed by atoms with Crippen LogP contribution in [0, 0.1) is 24.7 Å². The maximum atomic E-state index is 5.43. The Bertz CT molecular complexity index is 147. The van der Waals surface area contributed by atoms with Crippen LogP contribution in [0.4, 0.5) is 5.69 Å². The Morgan fingerprint density at radius 2 is 1.62 bits per heavy atom. The molecule has 42 valence electrons. The Labute approximate surface area is 63.7 Å².